The summed E-state index contributed by atoms with van der Waals surface area (Å²) in [5.41, 5.74) is 1.91. The molecule has 0 amide bonds. The molecular formula is C16H18N2O2. The van der Waals surface area contributed by atoms with E-state index < -0.39 is 5.97 Å². The zero-order valence-corrected chi connectivity index (χ0v) is 11.3. The van der Waals surface area contributed by atoms with Crippen molar-refractivity contribution in [3.05, 3.63) is 42.1 Å². The number of pyridine rings is 1. The highest BCUT2D eigenvalue weighted by Crippen LogP contribution is 2.20. The predicted octanol–water partition coefficient (Wildman–Crippen LogP) is 2.67. The molecule has 2 aromatic rings. The van der Waals surface area contributed by atoms with Gasteiger partial charge in [-0.25, -0.2) is 0 Å². The summed E-state index contributed by atoms with van der Waals surface area (Å²) in [6.45, 7) is 1.45. The molecule has 20 heavy (non-hydrogen) atoms. The summed E-state index contributed by atoms with van der Waals surface area (Å²) in [6.07, 6.45) is 2.80. The smallest absolute Gasteiger partial charge is 0.320 e. The van der Waals surface area contributed by atoms with Crippen molar-refractivity contribution < 1.29 is 9.90 Å². The molecule has 0 aliphatic carbocycles. The van der Waals surface area contributed by atoms with Gasteiger partial charge in [-0.05, 0) is 31.5 Å². The number of carboxylic acids is 1. The molecule has 104 valence electrons. The minimum Gasteiger partial charge on any atom is -0.480 e. The van der Waals surface area contributed by atoms with Gasteiger partial charge in [0.25, 0.3) is 0 Å². The van der Waals surface area contributed by atoms with Crippen LogP contribution in [0, 0.1) is 0 Å². The molecule has 1 aliphatic heterocycles. The third kappa shape index (κ3) is 2.65. The summed E-state index contributed by atoms with van der Waals surface area (Å²) >= 11 is 0. The summed E-state index contributed by atoms with van der Waals surface area (Å²) in [5, 5.41) is 10.4. The molecule has 0 bridgehead atoms. The van der Waals surface area contributed by atoms with Crippen LogP contribution in [0.5, 0.6) is 0 Å². The number of likely N-dealkylation sites (tertiary alicyclic amines) is 1. The molecule has 1 saturated heterocycles. The first-order chi connectivity index (χ1) is 9.74. The predicted molar refractivity (Wildman–Crippen MR) is 77.4 cm³/mol. The second-order valence-corrected chi connectivity index (χ2v) is 5.32. The molecule has 0 spiro atoms. The average Bonchev–Trinajstić information content (AvgIpc) is 2.47. The molecule has 1 atom stereocenters. The topological polar surface area (TPSA) is 53.4 Å². The maximum atomic E-state index is 11.3. The van der Waals surface area contributed by atoms with Gasteiger partial charge in [0.15, 0.2) is 0 Å². The maximum Gasteiger partial charge on any atom is 0.320 e. The van der Waals surface area contributed by atoms with Crippen LogP contribution in [0.1, 0.15) is 25.0 Å². The molecule has 0 radical (unpaired) electrons. The molecule has 1 unspecified atom stereocenters. The first kappa shape index (κ1) is 13.1. The number of carbonyl (C=O) groups is 1. The summed E-state index contributed by atoms with van der Waals surface area (Å²) < 4.78 is 0. The van der Waals surface area contributed by atoms with E-state index in [-0.39, 0.29) is 6.04 Å². The Morgan fingerprint density at radius 2 is 2.10 bits per heavy atom. The van der Waals surface area contributed by atoms with Crippen LogP contribution in [0.15, 0.2) is 36.4 Å². The van der Waals surface area contributed by atoms with E-state index in [1.807, 2.05) is 35.2 Å². The number of hydrogen-bond donors (Lipinski definition) is 1. The number of fused-ring (bicyclic) bond motifs is 1. The Kier molecular flexibility index (Phi) is 3.65. The van der Waals surface area contributed by atoms with Crippen LogP contribution in [0.2, 0.25) is 0 Å². The van der Waals surface area contributed by atoms with Gasteiger partial charge in [-0.15, -0.1) is 0 Å². The van der Waals surface area contributed by atoms with Crippen LogP contribution < -0.4 is 0 Å². The van der Waals surface area contributed by atoms with Gasteiger partial charge in [0, 0.05) is 11.9 Å². The number of nitrogens with zero attached hydrogens (tertiary/aromatic N) is 2. The standard InChI is InChI=1S/C16H18N2O2/c19-16(20)15-7-3-4-10-18(15)11-13-9-8-12-5-1-2-6-14(12)17-13/h1-2,5-6,8-9,15H,3-4,7,10-11H2,(H,19,20). The molecule has 1 N–H and O–H groups in total. The van der Waals surface area contributed by atoms with Crippen LogP contribution >= 0.6 is 0 Å². The highest BCUT2D eigenvalue weighted by Gasteiger charge is 2.28. The zero-order chi connectivity index (χ0) is 13.9. The fourth-order valence-electron chi connectivity index (χ4n) is 2.86. The minimum absolute atomic E-state index is 0.364. The van der Waals surface area contributed by atoms with Crippen LogP contribution in [-0.2, 0) is 11.3 Å². The highest BCUT2D eigenvalue weighted by molar-refractivity contribution is 5.78. The van der Waals surface area contributed by atoms with Crippen molar-refractivity contribution in [2.75, 3.05) is 6.54 Å². The SMILES string of the molecule is O=C(O)C1CCCCN1Cc1ccc2ccccc2n1. The van der Waals surface area contributed by atoms with Crippen LogP contribution in [0.25, 0.3) is 10.9 Å². The van der Waals surface area contributed by atoms with Gasteiger partial charge in [0.1, 0.15) is 6.04 Å². The van der Waals surface area contributed by atoms with E-state index in [0.717, 1.165) is 42.4 Å². The first-order valence-corrected chi connectivity index (χ1v) is 7.05. The van der Waals surface area contributed by atoms with E-state index in [1.165, 1.54) is 0 Å². The zero-order valence-electron chi connectivity index (χ0n) is 11.3. The second-order valence-electron chi connectivity index (χ2n) is 5.32. The Labute approximate surface area is 118 Å². The lowest BCUT2D eigenvalue weighted by atomic mass is 10.0. The van der Waals surface area contributed by atoms with Crippen molar-refractivity contribution in [3.63, 3.8) is 0 Å². The average molecular weight is 270 g/mol. The third-order valence-corrected chi connectivity index (χ3v) is 3.92. The largest absolute Gasteiger partial charge is 0.480 e. The molecule has 1 aromatic heterocycles. The lowest BCUT2D eigenvalue weighted by molar-refractivity contribution is -0.144. The molecule has 2 heterocycles. The Hall–Kier alpha value is -1.94. The quantitative estimate of drug-likeness (QED) is 0.931. The summed E-state index contributed by atoms with van der Waals surface area (Å²) in [7, 11) is 0. The van der Waals surface area contributed by atoms with Gasteiger partial charge < -0.3 is 5.11 Å². The molecule has 4 heteroatoms. The van der Waals surface area contributed by atoms with Crippen molar-refractivity contribution in [2.45, 2.75) is 31.8 Å². The van der Waals surface area contributed by atoms with Gasteiger partial charge >= 0.3 is 5.97 Å². The molecule has 4 nitrogen and oxygen atoms in total. The molecule has 1 aromatic carbocycles. The fraction of sp³-hybridized carbons (Fsp3) is 0.375. The Morgan fingerprint density at radius 1 is 1.25 bits per heavy atom. The molecule has 3 rings (SSSR count). The van der Waals surface area contributed by atoms with E-state index in [1.54, 1.807) is 0 Å². The van der Waals surface area contributed by atoms with E-state index in [9.17, 15) is 9.90 Å². The minimum atomic E-state index is -0.717. The van der Waals surface area contributed by atoms with Gasteiger partial charge in [0.05, 0.1) is 11.2 Å². The van der Waals surface area contributed by atoms with Crippen molar-refractivity contribution in [1.29, 1.82) is 0 Å². The van der Waals surface area contributed by atoms with Crippen molar-refractivity contribution >= 4 is 16.9 Å². The number of carboxylic acid groups (broad SMARTS) is 1. The fourth-order valence-corrected chi connectivity index (χ4v) is 2.86. The Balaban J connectivity index is 1.82. The summed E-state index contributed by atoms with van der Waals surface area (Å²) in [6, 6.07) is 11.7. The van der Waals surface area contributed by atoms with E-state index in [0.29, 0.717) is 6.54 Å². The maximum absolute atomic E-state index is 11.3. The van der Waals surface area contributed by atoms with Crippen molar-refractivity contribution in [3.8, 4) is 0 Å². The number of benzene rings is 1. The summed E-state index contributed by atoms with van der Waals surface area (Å²) in [5.74, 6) is -0.717. The molecule has 1 fully saturated rings. The molecular weight excluding hydrogens is 252 g/mol. The second kappa shape index (κ2) is 5.59. The summed E-state index contributed by atoms with van der Waals surface area (Å²) in [4.78, 5) is 18.0. The highest BCUT2D eigenvalue weighted by atomic mass is 16.4. The normalized spacial score (nSPS) is 20.1. The molecule has 1 aliphatic rings. The van der Waals surface area contributed by atoms with E-state index in [4.69, 9.17) is 0 Å². The van der Waals surface area contributed by atoms with Gasteiger partial charge in [-0.2, -0.15) is 0 Å². The van der Waals surface area contributed by atoms with Crippen LogP contribution in [-0.4, -0.2) is 33.5 Å². The Morgan fingerprint density at radius 3 is 2.95 bits per heavy atom. The lowest BCUT2D eigenvalue weighted by Gasteiger charge is -2.32. The van der Waals surface area contributed by atoms with Gasteiger partial charge in [-0.1, -0.05) is 30.7 Å². The van der Waals surface area contributed by atoms with E-state index in [2.05, 4.69) is 11.1 Å². The van der Waals surface area contributed by atoms with Gasteiger partial charge in [-0.3, -0.25) is 14.7 Å². The number of piperidine rings is 1. The number of para-hydroxylation sites is 1. The van der Waals surface area contributed by atoms with Crippen LogP contribution in [0.3, 0.4) is 0 Å². The van der Waals surface area contributed by atoms with Gasteiger partial charge in [0.2, 0.25) is 0 Å². The monoisotopic (exact) mass is 270 g/mol. The number of aliphatic carboxylic acids is 1. The number of rotatable bonds is 3. The van der Waals surface area contributed by atoms with Crippen molar-refractivity contribution in [2.24, 2.45) is 0 Å². The first-order valence-electron chi connectivity index (χ1n) is 7.05. The molecule has 0 saturated carbocycles. The Bertz CT molecular complexity index is 627. The van der Waals surface area contributed by atoms with Crippen LogP contribution in [0.4, 0.5) is 0 Å². The van der Waals surface area contributed by atoms with Crippen molar-refractivity contribution in [1.82, 2.24) is 9.88 Å². The number of hydrogen-bond acceptors (Lipinski definition) is 3. The number of aromatic nitrogens is 1. The van der Waals surface area contributed by atoms with E-state index >= 15 is 0 Å². The third-order valence-electron chi connectivity index (χ3n) is 3.92. The lowest BCUT2D eigenvalue weighted by Crippen LogP contribution is -2.44.